The highest BCUT2D eigenvalue weighted by atomic mass is 32.2. The van der Waals surface area contributed by atoms with Gasteiger partial charge in [-0.2, -0.15) is 0 Å². The summed E-state index contributed by atoms with van der Waals surface area (Å²) in [5, 5.41) is 20.4. The van der Waals surface area contributed by atoms with Gasteiger partial charge in [-0.3, -0.25) is 9.52 Å². The first kappa shape index (κ1) is 17.8. The minimum Gasteiger partial charge on any atom is -0.464 e. The Hall–Kier alpha value is -2.06. The number of furan rings is 1. The molecule has 0 saturated heterocycles. The zero-order valence-electron chi connectivity index (χ0n) is 13.7. The first-order valence-electron chi connectivity index (χ1n) is 7.89. The third kappa shape index (κ3) is 4.32. The Morgan fingerprint density at radius 3 is 2.80 bits per heavy atom. The van der Waals surface area contributed by atoms with Crippen molar-refractivity contribution in [1.29, 1.82) is 0 Å². The van der Waals surface area contributed by atoms with E-state index in [1.54, 1.807) is 24.5 Å². The van der Waals surface area contributed by atoms with E-state index in [9.17, 15) is 14.8 Å². The van der Waals surface area contributed by atoms with Gasteiger partial charge < -0.3 is 14.5 Å². The highest BCUT2D eigenvalue weighted by Crippen LogP contribution is 2.23. The van der Waals surface area contributed by atoms with Crippen LogP contribution in [0.15, 0.2) is 64.1 Å². The number of fused-ring (bicyclic) bond motifs is 1. The van der Waals surface area contributed by atoms with Crippen LogP contribution in [0.1, 0.15) is 22.8 Å². The van der Waals surface area contributed by atoms with E-state index in [0.29, 0.717) is 12.0 Å². The number of hydrogen-bond donors (Lipinski definition) is 3. The monoisotopic (exact) mass is 355 g/mol. The first-order valence-corrected chi connectivity index (χ1v) is 8.71. The summed E-state index contributed by atoms with van der Waals surface area (Å²) in [6, 6.07) is 14.8. The van der Waals surface area contributed by atoms with E-state index >= 15 is 0 Å². The van der Waals surface area contributed by atoms with Crippen molar-refractivity contribution in [2.75, 3.05) is 0 Å². The van der Waals surface area contributed by atoms with Gasteiger partial charge in [0, 0.05) is 15.8 Å². The summed E-state index contributed by atoms with van der Waals surface area (Å²) in [5.41, 5.74) is 2.29. The highest BCUT2D eigenvalue weighted by molar-refractivity contribution is 7.97. The number of rotatable bonds is 7. The van der Waals surface area contributed by atoms with Crippen LogP contribution in [0.2, 0.25) is 0 Å². The standard InChI is InChI=1S/C18H18BNO4S/c1-12(21)13-5-4-6-15(9-13)25-20-18(19(22)23)10-14-11-24-17-8-3-2-7-16(14)17/h2-9,11,18,20,22-23H,10H2,1H3. The van der Waals surface area contributed by atoms with Gasteiger partial charge in [0.1, 0.15) is 5.58 Å². The number of carbonyl (C=O) groups is 1. The van der Waals surface area contributed by atoms with Gasteiger partial charge in [0.2, 0.25) is 0 Å². The summed E-state index contributed by atoms with van der Waals surface area (Å²) in [5.74, 6) is -0.599. The summed E-state index contributed by atoms with van der Waals surface area (Å²) in [6.45, 7) is 1.52. The minimum absolute atomic E-state index is 0.00828. The van der Waals surface area contributed by atoms with Gasteiger partial charge in [-0.05, 0) is 49.1 Å². The molecule has 0 aliphatic rings. The largest absolute Gasteiger partial charge is 0.470 e. The van der Waals surface area contributed by atoms with Crippen molar-refractivity contribution in [3.63, 3.8) is 0 Å². The summed E-state index contributed by atoms with van der Waals surface area (Å²) >= 11 is 1.26. The lowest BCUT2D eigenvalue weighted by molar-refractivity contribution is 0.101. The molecule has 0 radical (unpaired) electrons. The first-order chi connectivity index (χ1) is 12.0. The van der Waals surface area contributed by atoms with Crippen molar-refractivity contribution in [2.45, 2.75) is 24.2 Å². The Kier molecular flexibility index (Phi) is 5.60. The summed E-state index contributed by atoms with van der Waals surface area (Å²) < 4.78 is 8.57. The molecule has 3 rings (SSSR count). The maximum absolute atomic E-state index is 11.5. The molecule has 3 N–H and O–H groups in total. The second kappa shape index (κ2) is 7.88. The maximum atomic E-state index is 11.5. The smallest absolute Gasteiger partial charge is 0.464 e. The van der Waals surface area contributed by atoms with Crippen LogP contribution in [0, 0.1) is 0 Å². The Morgan fingerprint density at radius 2 is 2.04 bits per heavy atom. The fourth-order valence-corrected chi connectivity index (χ4v) is 3.38. The van der Waals surface area contributed by atoms with Crippen molar-refractivity contribution in [2.24, 2.45) is 0 Å². The average molecular weight is 355 g/mol. The number of hydrogen-bond acceptors (Lipinski definition) is 6. The molecule has 2 aromatic carbocycles. The van der Waals surface area contributed by atoms with Crippen molar-refractivity contribution < 1.29 is 19.3 Å². The maximum Gasteiger partial charge on any atom is 0.470 e. The zero-order chi connectivity index (χ0) is 17.8. The van der Waals surface area contributed by atoms with Gasteiger partial charge in [-0.25, -0.2) is 0 Å². The second-order valence-corrected chi connectivity index (χ2v) is 6.70. The van der Waals surface area contributed by atoms with E-state index < -0.39 is 13.1 Å². The number of benzene rings is 2. The number of para-hydroxylation sites is 1. The molecule has 0 aliphatic carbocycles. The Morgan fingerprint density at radius 1 is 1.24 bits per heavy atom. The molecular weight excluding hydrogens is 337 g/mol. The van der Waals surface area contributed by atoms with E-state index in [1.165, 1.54) is 18.9 Å². The lowest BCUT2D eigenvalue weighted by Gasteiger charge is -2.16. The SMILES string of the molecule is CC(=O)c1cccc(SNC(Cc2coc3ccccc23)B(O)O)c1. The zero-order valence-corrected chi connectivity index (χ0v) is 14.5. The number of carbonyl (C=O) groups excluding carboxylic acids is 1. The number of ketones is 1. The van der Waals surface area contributed by atoms with Crippen molar-refractivity contribution in [3.05, 3.63) is 65.9 Å². The Bertz CT molecular complexity index is 880. The van der Waals surface area contributed by atoms with Crippen LogP contribution >= 0.6 is 11.9 Å². The van der Waals surface area contributed by atoms with Crippen LogP contribution < -0.4 is 4.72 Å². The normalized spacial score (nSPS) is 12.3. The van der Waals surface area contributed by atoms with E-state index in [-0.39, 0.29) is 5.78 Å². The topological polar surface area (TPSA) is 82.7 Å². The lowest BCUT2D eigenvalue weighted by Crippen LogP contribution is -2.42. The quantitative estimate of drug-likeness (QED) is 0.343. The van der Waals surface area contributed by atoms with Crippen LogP contribution in [0.4, 0.5) is 0 Å². The molecule has 1 heterocycles. The molecule has 1 aromatic heterocycles. The molecule has 3 aromatic rings. The molecule has 1 unspecified atom stereocenters. The molecular formula is C18H18BNO4S. The molecule has 0 fully saturated rings. The molecule has 0 bridgehead atoms. The average Bonchev–Trinajstić information content (AvgIpc) is 3.01. The van der Waals surface area contributed by atoms with E-state index in [0.717, 1.165) is 21.4 Å². The van der Waals surface area contributed by atoms with Crippen LogP contribution in [0.25, 0.3) is 11.0 Å². The van der Waals surface area contributed by atoms with Crippen LogP contribution in [0.3, 0.4) is 0 Å². The second-order valence-electron chi connectivity index (χ2n) is 5.79. The molecule has 0 amide bonds. The van der Waals surface area contributed by atoms with Gasteiger partial charge in [0.25, 0.3) is 0 Å². The van der Waals surface area contributed by atoms with Crippen molar-refractivity contribution >= 4 is 35.8 Å². The van der Waals surface area contributed by atoms with Crippen LogP contribution in [-0.4, -0.2) is 28.9 Å². The van der Waals surface area contributed by atoms with Gasteiger partial charge in [0.15, 0.2) is 5.78 Å². The van der Waals surface area contributed by atoms with Gasteiger partial charge in [-0.15, -0.1) is 0 Å². The molecule has 7 heteroatoms. The lowest BCUT2D eigenvalue weighted by atomic mass is 9.77. The molecule has 0 saturated carbocycles. The summed E-state index contributed by atoms with van der Waals surface area (Å²) in [4.78, 5) is 12.3. The molecule has 0 aliphatic heterocycles. The molecule has 0 spiro atoms. The molecule has 5 nitrogen and oxygen atoms in total. The Labute approximate surface area is 150 Å². The van der Waals surface area contributed by atoms with Crippen molar-refractivity contribution in [1.82, 2.24) is 4.72 Å². The van der Waals surface area contributed by atoms with Crippen LogP contribution in [0.5, 0.6) is 0 Å². The number of Topliss-reactive ketones (excluding diaryl/α,β-unsaturated/α-hetero) is 1. The fourth-order valence-electron chi connectivity index (χ4n) is 2.56. The number of nitrogens with one attached hydrogen (secondary N) is 1. The van der Waals surface area contributed by atoms with Gasteiger partial charge in [0.05, 0.1) is 12.2 Å². The predicted molar refractivity (Wildman–Crippen MR) is 99.3 cm³/mol. The van der Waals surface area contributed by atoms with Gasteiger partial charge >= 0.3 is 7.12 Å². The van der Waals surface area contributed by atoms with Gasteiger partial charge in [-0.1, -0.05) is 30.3 Å². The van der Waals surface area contributed by atoms with E-state index in [4.69, 9.17) is 4.42 Å². The minimum atomic E-state index is -1.53. The third-order valence-electron chi connectivity index (χ3n) is 3.93. The van der Waals surface area contributed by atoms with Crippen LogP contribution in [-0.2, 0) is 6.42 Å². The fraction of sp³-hybridized carbons (Fsp3) is 0.167. The van der Waals surface area contributed by atoms with Crippen molar-refractivity contribution in [3.8, 4) is 0 Å². The summed E-state index contributed by atoms with van der Waals surface area (Å²) in [6.07, 6.45) is 2.04. The molecule has 128 valence electrons. The molecule has 1 atom stereocenters. The van der Waals surface area contributed by atoms with E-state index in [1.807, 2.05) is 30.3 Å². The molecule has 25 heavy (non-hydrogen) atoms. The Balaban J connectivity index is 1.72. The third-order valence-corrected chi connectivity index (χ3v) is 4.84. The predicted octanol–water partition coefficient (Wildman–Crippen LogP) is 2.86. The van der Waals surface area contributed by atoms with E-state index in [2.05, 4.69) is 4.72 Å². The summed E-state index contributed by atoms with van der Waals surface area (Å²) in [7, 11) is -1.53. The highest BCUT2D eigenvalue weighted by Gasteiger charge is 2.25.